The molecule has 0 saturated heterocycles. The number of carbonyl (C=O) groups is 2. The molecule has 0 atom stereocenters. The summed E-state index contributed by atoms with van der Waals surface area (Å²) in [6.07, 6.45) is 6.75. The number of carbonyl (C=O) groups excluding carboxylic acids is 1. The normalized spacial score (nSPS) is 17.5. The molecule has 0 aromatic carbocycles. The van der Waals surface area contributed by atoms with Crippen molar-refractivity contribution in [1.29, 1.82) is 0 Å². The van der Waals surface area contributed by atoms with E-state index in [1.165, 1.54) is 6.92 Å². The maximum absolute atomic E-state index is 12.4. The molecule has 1 saturated carbocycles. The van der Waals surface area contributed by atoms with Gasteiger partial charge in [0.2, 0.25) is 0 Å². The van der Waals surface area contributed by atoms with Crippen molar-refractivity contribution in [1.82, 2.24) is 0 Å². The molecule has 0 heterocycles. The van der Waals surface area contributed by atoms with Crippen molar-refractivity contribution in [2.45, 2.75) is 65.4 Å². The van der Waals surface area contributed by atoms with Crippen LogP contribution < -0.4 is 0 Å². The number of hydrogen-bond acceptors (Lipinski definition) is 3. The topological polar surface area (TPSA) is 63.6 Å². The van der Waals surface area contributed by atoms with Crippen molar-refractivity contribution in [2.24, 2.45) is 5.41 Å². The van der Waals surface area contributed by atoms with E-state index in [4.69, 9.17) is 9.84 Å². The molecular weight excluding hydrogens is 244 g/mol. The Balaban J connectivity index is 2.87. The lowest BCUT2D eigenvalue weighted by atomic mass is 9.80. The fraction of sp³-hybridized carbons (Fsp3) is 0.733. The van der Waals surface area contributed by atoms with Crippen molar-refractivity contribution >= 4 is 11.9 Å². The Bertz CT molecular complexity index is 360. The summed E-state index contributed by atoms with van der Waals surface area (Å²) in [6, 6.07) is 0. The molecule has 1 N–H and O–H groups in total. The fourth-order valence-electron chi connectivity index (χ4n) is 2.55. The van der Waals surface area contributed by atoms with Crippen LogP contribution in [-0.2, 0) is 14.3 Å². The largest absolute Gasteiger partial charge is 0.478 e. The number of ether oxygens (including phenoxy) is 1. The minimum absolute atomic E-state index is 0.0171. The summed E-state index contributed by atoms with van der Waals surface area (Å²) in [5.41, 5.74) is -0.600. The molecule has 0 bridgehead atoms. The van der Waals surface area contributed by atoms with Crippen LogP contribution in [0.4, 0.5) is 0 Å². The van der Waals surface area contributed by atoms with Crippen molar-refractivity contribution in [3.63, 3.8) is 0 Å². The number of aliphatic carboxylic acids is 1. The highest BCUT2D eigenvalue weighted by molar-refractivity contribution is 5.88. The average molecular weight is 268 g/mol. The van der Waals surface area contributed by atoms with Crippen LogP contribution in [-0.4, -0.2) is 23.1 Å². The van der Waals surface area contributed by atoms with Gasteiger partial charge in [-0.2, -0.15) is 0 Å². The Morgan fingerprint density at radius 2 is 1.79 bits per heavy atom. The minimum atomic E-state index is -0.986. The quantitative estimate of drug-likeness (QED) is 0.593. The molecule has 0 aromatic heterocycles. The third-order valence-electron chi connectivity index (χ3n) is 4.07. The predicted octanol–water partition coefficient (Wildman–Crippen LogP) is 3.31. The maximum atomic E-state index is 12.4. The van der Waals surface area contributed by atoms with Gasteiger partial charge in [-0.15, -0.1) is 0 Å². The van der Waals surface area contributed by atoms with Crippen molar-refractivity contribution in [3.8, 4) is 0 Å². The van der Waals surface area contributed by atoms with E-state index in [-0.39, 0.29) is 17.6 Å². The van der Waals surface area contributed by atoms with E-state index in [9.17, 15) is 9.59 Å². The molecule has 108 valence electrons. The van der Waals surface area contributed by atoms with Crippen LogP contribution in [0.5, 0.6) is 0 Å². The third-order valence-corrected chi connectivity index (χ3v) is 4.07. The lowest BCUT2D eigenvalue weighted by Crippen LogP contribution is -2.33. The van der Waals surface area contributed by atoms with Gasteiger partial charge in [-0.3, -0.25) is 4.79 Å². The Kier molecular flexibility index (Phi) is 5.58. The molecule has 4 nitrogen and oxygen atoms in total. The minimum Gasteiger partial charge on any atom is -0.478 e. The van der Waals surface area contributed by atoms with Gasteiger partial charge >= 0.3 is 11.9 Å². The summed E-state index contributed by atoms with van der Waals surface area (Å²) in [7, 11) is 0. The lowest BCUT2D eigenvalue weighted by Gasteiger charge is -2.28. The number of carboxylic acid groups (broad SMARTS) is 1. The molecule has 0 spiro atoms. The molecular formula is C15H24O4. The molecule has 0 unspecified atom stereocenters. The van der Waals surface area contributed by atoms with Gasteiger partial charge in [0.15, 0.2) is 0 Å². The van der Waals surface area contributed by atoms with Gasteiger partial charge in [-0.05, 0) is 45.4 Å². The molecule has 0 aromatic rings. The van der Waals surface area contributed by atoms with Gasteiger partial charge in [0, 0.05) is 5.57 Å². The van der Waals surface area contributed by atoms with E-state index in [2.05, 4.69) is 0 Å². The van der Waals surface area contributed by atoms with Crippen LogP contribution >= 0.6 is 0 Å². The lowest BCUT2D eigenvalue weighted by molar-refractivity contribution is -0.158. The fourth-order valence-corrected chi connectivity index (χ4v) is 2.55. The Hall–Kier alpha value is -1.32. The first-order chi connectivity index (χ1) is 8.95. The summed E-state index contributed by atoms with van der Waals surface area (Å²) >= 11 is 0. The zero-order chi connectivity index (χ0) is 14.5. The van der Waals surface area contributed by atoms with Crippen molar-refractivity contribution in [3.05, 3.63) is 11.6 Å². The Morgan fingerprint density at radius 3 is 2.21 bits per heavy atom. The van der Waals surface area contributed by atoms with E-state index < -0.39 is 11.4 Å². The summed E-state index contributed by atoms with van der Waals surface area (Å²) in [6.45, 7) is 5.31. The monoisotopic (exact) mass is 268 g/mol. The average Bonchev–Trinajstić information content (AvgIpc) is 2.88. The van der Waals surface area contributed by atoms with Crippen molar-refractivity contribution in [2.75, 3.05) is 0 Å². The second-order valence-electron chi connectivity index (χ2n) is 5.31. The third kappa shape index (κ3) is 3.82. The molecule has 1 aliphatic rings. The Morgan fingerprint density at radius 1 is 1.26 bits per heavy atom. The molecule has 4 heteroatoms. The maximum Gasteiger partial charge on any atom is 0.330 e. The predicted molar refractivity (Wildman–Crippen MR) is 72.8 cm³/mol. The van der Waals surface area contributed by atoms with Crippen LogP contribution in [0.3, 0.4) is 0 Å². The molecule has 1 aliphatic carbocycles. The van der Waals surface area contributed by atoms with E-state index in [1.54, 1.807) is 6.08 Å². The SMILES string of the molecule is CCC(C=C(C)C(=O)O)(CC)C(=O)OC1CCCC1. The number of hydrogen-bond donors (Lipinski definition) is 1. The summed E-state index contributed by atoms with van der Waals surface area (Å²) < 4.78 is 5.56. The summed E-state index contributed by atoms with van der Waals surface area (Å²) in [5.74, 6) is -1.26. The highest BCUT2D eigenvalue weighted by Crippen LogP contribution is 2.33. The number of carboxylic acids is 1. The first kappa shape index (κ1) is 15.7. The number of esters is 1. The zero-order valence-corrected chi connectivity index (χ0v) is 12.1. The van der Waals surface area contributed by atoms with Crippen LogP contribution in [0.25, 0.3) is 0 Å². The van der Waals surface area contributed by atoms with Gasteiger partial charge in [0.25, 0.3) is 0 Å². The molecule has 1 fully saturated rings. The van der Waals surface area contributed by atoms with Gasteiger partial charge in [-0.1, -0.05) is 19.9 Å². The molecule has 0 radical (unpaired) electrons. The van der Waals surface area contributed by atoms with Crippen LogP contribution in [0.15, 0.2) is 11.6 Å². The Labute approximate surface area is 114 Å². The second-order valence-corrected chi connectivity index (χ2v) is 5.31. The van der Waals surface area contributed by atoms with E-state index in [0.717, 1.165) is 25.7 Å². The number of rotatable bonds is 6. The van der Waals surface area contributed by atoms with Crippen LogP contribution in [0, 0.1) is 5.41 Å². The standard InChI is InChI=1S/C15H24O4/c1-4-15(5-2,10-11(3)13(16)17)14(18)19-12-8-6-7-9-12/h10,12H,4-9H2,1-3H3,(H,16,17). The van der Waals surface area contributed by atoms with Gasteiger partial charge in [0.1, 0.15) is 6.10 Å². The summed E-state index contributed by atoms with van der Waals surface area (Å²) in [5, 5.41) is 8.98. The van der Waals surface area contributed by atoms with Crippen molar-refractivity contribution < 1.29 is 19.4 Å². The molecule has 1 rings (SSSR count). The van der Waals surface area contributed by atoms with Crippen LogP contribution in [0.1, 0.15) is 59.3 Å². The molecule has 0 amide bonds. The van der Waals surface area contributed by atoms with Gasteiger partial charge in [-0.25, -0.2) is 4.79 Å². The zero-order valence-electron chi connectivity index (χ0n) is 12.1. The van der Waals surface area contributed by atoms with Crippen LogP contribution in [0.2, 0.25) is 0 Å². The first-order valence-electron chi connectivity index (χ1n) is 7.09. The summed E-state index contributed by atoms with van der Waals surface area (Å²) in [4.78, 5) is 23.3. The highest BCUT2D eigenvalue weighted by Gasteiger charge is 2.37. The smallest absolute Gasteiger partial charge is 0.330 e. The molecule has 0 aliphatic heterocycles. The molecule has 19 heavy (non-hydrogen) atoms. The van der Waals surface area contributed by atoms with Gasteiger partial charge in [0.05, 0.1) is 5.41 Å². The first-order valence-corrected chi connectivity index (χ1v) is 7.09. The van der Waals surface area contributed by atoms with E-state index in [1.807, 2.05) is 13.8 Å². The van der Waals surface area contributed by atoms with E-state index >= 15 is 0 Å². The highest BCUT2D eigenvalue weighted by atomic mass is 16.5. The second kappa shape index (κ2) is 6.73. The van der Waals surface area contributed by atoms with Gasteiger partial charge < -0.3 is 9.84 Å². The van der Waals surface area contributed by atoms with E-state index in [0.29, 0.717) is 12.8 Å².